The van der Waals surface area contributed by atoms with Crippen LogP contribution >= 0.6 is 0 Å². The van der Waals surface area contributed by atoms with Crippen molar-refractivity contribution in [1.29, 1.82) is 0 Å². The predicted molar refractivity (Wildman–Crippen MR) is 50.5 cm³/mol. The zero-order valence-corrected chi connectivity index (χ0v) is 8.34. The number of urea groups is 1. The largest absolute Gasteiger partial charge is 0.341 e. The maximum absolute atomic E-state index is 11.6. The Labute approximate surface area is 77.6 Å². The van der Waals surface area contributed by atoms with Crippen LogP contribution in [0.5, 0.6) is 0 Å². The van der Waals surface area contributed by atoms with E-state index in [0.29, 0.717) is 24.6 Å². The molecule has 0 spiro atoms. The third-order valence-corrected chi connectivity index (χ3v) is 4.08. The van der Waals surface area contributed by atoms with Gasteiger partial charge in [-0.2, -0.15) is 4.47 Å². The normalized spacial score (nSPS) is 20.9. The predicted octanol–water partition coefficient (Wildman–Crippen LogP) is -1.02. The molecule has 0 aromatic heterocycles. The van der Waals surface area contributed by atoms with E-state index in [0.717, 1.165) is 0 Å². The van der Waals surface area contributed by atoms with Crippen molar-refractivity contribution in [2.24, 2.45) is 10.3 Å². The van der Waals surface area contributed by atoms with Gasteiger partial charge in [0.2, 0.25) is 0 Å². The van der Waals surface area contributed by atoms with Gasteiger partial charge in [0.15, 0.2) is 0 Å². The third kappa shape index (κ3) is 2.31. The molecule has 0 aromatic rings. The van der Waals surface area contributed by atoms with Crippen LogP contribution in [-0.2, 0) is 9.73 Å². The first-order valence-corrected chi connectivity index (χ1v) is 5.85. The standard InChI is InChI=1S/C6H14N4O2S/c1-8-6(11)10-2-4-13(12,9-7)5-3-10/h2-5,7H2,1H3,(H,8,11). The summed E-state index contributed by atoms with van der Waals surface area (Å²) in [7, 11) is -0.651. The second-order valence-electron chi connectivity index (χ2n) is 2.83. The van der Waals surface area contributed by atoms with E-state index in [1.807, 2.05) is 0 Å². The van der Waals surface area contributed by atoms with Crippen molar-refractivity contribution in [2.75, 3.05) is 31.6 Å². The van der Waals surface area contributed by atoms with Gasteiger partial charge < -0.3 is 10.2 Å². The summed E-state index contributed by atoms with van der Waals surface area (Å²) in [5, 5.41) is 2.51. The minimum atomic E-state index is -2.22. The molecule has 1 aliphatic heterocycles. The molecule has 0 unspecified atom stereocenters. The lowest BCUT2D eigenvalue weighted by Gasteiger charge is -2.27. The topological polar surface area (TPSA) is 87.8 Å². The molecule has 0 aromatic carbocycles. The SMILES string of the molecule is CNC(=O)N1CCS(=O)(=NN)CC1. The van der Waals surface area contributed by atoms with Crippen LogP contribution in [0.2, 0.25) is 0 Å². The Kier molecular flexibility index (Phi) is 3.10. The summed E-state index contributed by atoms with van der Waals surface area (Å²) in [5.74, 6) is 5.77. The van der Waals surface area contributed by atoms with Gasteiger partial charge in [0.25, 0.3) is 0 Å². The molecule has 0 aliphatic carbocycles. The summed E-state index contributed by atoms with van der Waals surface area (Å²) >= 11 is 0. The highest BCUT2D eigenvalue weighted by atomic mass is 32.2. The third-order valence-electron chi connectivity index (χ3n) is 2.05. The first-order chi connectivity index (χ1) is 6.11. The van der Waals surface area contributed by atoms with Crippen LogP contribution in [0, 0.1) is 0 Å². The lowest BCUT2D eigenvalue weighted by molar-refractivity contribution is 0.205. The maximum atomic E-state index is 11.6. The second-order valence-corrected chi connectivity index (χ2v) is 5.40. The molecule has 2 amide bonds. The summed E-state index contributed by atoms with van der Waals surface area (Å²) in [6.45, 7) is 0.915. The van der Waals surface area contributed by atoms with Crippen LogP contribution in [0.1, 0.15) is 0 Å². The molecule has 13 heavy (non-hydrogen) atoms. The number of carbonyl (C=O) groups is 1. The molecule has 1 rings (SSSR count). The van der Waals surface area contributed by atoms with Gasteiger partial charge in [-0.25, -0.2) is 14.8 Å². The summed E-state index contributed by atoms with van der Waals surface area (Å²) in [5.41, 5.74) is 0. The van der Waals surface area contributed by atoms with E-state index < -0.39 is 9.73 Å². The van der Waals surface area contributed by atoms with E-state index in [-0.39, 0.29) is 6.03 Å². The molecule has 1 fully saturated rings. The van der Waals surface area contributed by atoms with Gasteiger partial charge in [0.05, 0.1) is 21.2 Å². The molecular formula is C6H14N4O2S. The zero-order valence-electron chi connectivity index (χ0n) is 7.52. The quantitative estimate of drug-likeness (QED) is 0.393. The number of nitrogens with zero attached hydrogens (tertiary/aromatic N) is 2. The van der Waals surface area contributed by atoms with Crippen LogP contribution in [0.15, 0.2) is 4.47 Å². The highest BCUT2D eigenvalue weighted by Gasteiger charge is 2.22. The van der Waals surface area contributed by atoms with Crippen molar-refractivity contribution in [3.63, 3.8) is 0 Å². The Balaban J connectivity index is 2.58. The van der Waals surface area contributed by atoms with E-state index in [2.05, 4.69) is 9.79 Å². The fourth-order valence-corrected chi connectivity index (χ4v) is 2.61. The fourth-order valence-electron chi connectivity index (χ4n) is 1.19. The Morgan fingerprint density at radius 2 is 2.08 bits per heavy atom. The van der Waals surface area contributed by atoms with Gasteiger partial charge in [-0.1, -0.05) is 0 Å². The van der Waals surface area contributed by atoms with E-state index in [4.69, 9.17) is 5.84 Å². The number of hydrogen-bond donors (Lipinski definition) is 2. The van der Waals surface area contributed by atoms with E-state index in [1.165, 1.54) is 0 Å². The molecule has 0 bridgehead atoms. The number of carbonyl (C=O) groups excluding carboxylic acids is 1. The Hall–Kier alpha value is -0.820. The fraction of sp³-hybridized carbons (Fsp3) is 0.833. The van der Waals surface area contributed by atoms with Crippen molar-refractivity contribution >= 4 is 15.8 Å². The number of nitrogens with one attached hydrogen (secondary N) is 1. The number of amides is 2. The van der Waals surface area contributed by atoms with Crippen molar-refractivity contribution in [3.8, 4) is 0 Å². The van der Waals surface area contributed by atoms with Crippen LogP contribution in [0.4, 0.5) is 4.79 Å². The van der Waals surface area contributed by atoms with Crippen molar-refractivity contribution in [2.45, 2.75) is 0 Å². The summed E-state index contributed by atoms with van der Waals surface area (Å²) < 4.78 is 14.9. The highest BCUT2D eigenvalue weighted by Crippen LogP contribution is 2.05. The van der Waals surface area contributed by atoms with Crippen molar-refractivity contribution < 1.29 is 9.00 Å². The molecule has 0 saturated carbocycles. The van der Waals surface area contributed by atoms with Gasteiger partial charge in [-0.05, 0) is 0 Å². The molecule has 0 radical (unpaired) electrons. The summed E-state index contributed by atoms with van der Waals surface area (Å²) in [6.07, 6.45) is 0. The molecule has 6 nitrogen and oxygen atoms in total. The smallest absolute Gasteiger partial charge is 0.317 e. The minimum absolute atomic E-state index is 0.140. The average molecular weight is 206 g/mol. The van der Waals surface area contributed by atoms with Gasteiger partial charge >= 0.3 is 6.03 Å². The molecule has 1 heterocycles. The van der Waals surface area contributed by atoms with E-state index in [1.54, 1.807) is 11.9 Å². The van der Waals surface area contributed by atoms with Gasteiger partial charge in [-0.15, -0.1) is 0 Å². The van der Waals surface area contributed by atoms with Crippen LogP contribution in [0.3, 0.4) is 0 Å². The van der Waals surface area contributed by atoms with Crippen LogP contribution in [-0.4, -0.2) is 46.8 Å². The van der Waals surface area contributed by atoms with E-state index in [9.17, 15) is 9.00 Å². The summed E-state index contributed by atoms with van der Waals surface area (Å²) in [6, 6.07) is -0.140. The molecule has 7 heteroatoms. The maximum Gasteiger partial charge on any atom is 0.317 e. The van der Waals surface area contributed by atoms with Crippen molar-refractivity contribution in [3.05, 3.63) is 0 Å². The van der Waals surface area contributed by atoms with Gasteiger partial charge in [0, 0.05) is 20.1 Å². The van der Waals surface area contributed by atoms with Crippen molar-refractivity contribution in [1.82, 2.24) is 10.2 Å². The molecule has 76 valence electrons. The molecule has 3 N–H and O–H groups in total. The van der Waals surface area contributed by atoms with Crippen LogP contribution in [0.25, 0.3) is 0 Å². The second kappa shape index (κ2) is 3.93. The van der Waals surface area contributed by atoms with Gasteiger partial charge in [0.1, 0.15) is 0 Å². The highest BCUT2D eigenvalue weighted by molar-refractivity contribution is 7.93. The first kappa shape index (κ1) is 10.3. The lowest BCUT2D eigenvalue weighted by atomic mass is 10.5. The first-order valence-electron chi connectivity index (χ1n) is 3.99. The number of hydrogen-bond acceptors (Lipinski definition) is 3. The minimum Gasteiger partial charge on any atom is -0.341 e. The van der Waals surface area contributed by atoms with Crippen LogP contribution < -0.4 is 11.2 Å². The Bertz CT molecular complexity index is 294. The lowest BCUT2D eigenvalue weighted by Crippen LogP contribution is -2.47. The van der Waals surface area contributed by atoms with Gasteiger partial charge in [-0.3, -0.25) is 0 Å². The Morgan fingerprint density at radius 3 is 2.46 bits per heavy atom. The zero-order chi connectivity index (χ0) is 9.90. The average Bonchev–Trinajstić information content (AvgIpc) is 2.18. The summed E-state index contributed by atoms with van der Waals surface area (Å²) in [4.78, 5) is 12.7. The molecular weight excluding hydrogens is 192 g/mol. The Morgan fingerprint density at radius 1 is 1.54 bits per heavy atom. The monoisotopic (exact) mass is 206 g/mol. The molecule has 0 atom stereocenters. The number of nitrogens with two attached hydrogens (primary N) is 1. The molecule has 1 aliphatic rings. The number of rotatable bonds is 0. The van der Waals surface area contributed by atoms with E-state index >= 15 is 0 Å². The molecule has 1 saturated heterocycles.